The molecule has 2 aliphatic carbocycles. The third-order valence-corrected chi connectivity index (χ3v) is 5.27. The van der Waals surface area contributed by atoms with Crippen LogP contribution in [0.15, 0.2) is 11.6 Å². The standard InChI is InChI=1S/C14H22O3Si/c1-13-7-6-12(16)9-11(13)5-8-14(13,10-15)17-18(2,3)4/h9-10H,5-8H2,1-4H3/t13-,14+/m1/s1. The van der Waals surface area contributed by atoms with E-state index in [2.05, 4.69) is 26.6 Å². The number of hydrogen-bond acceptors (Lipinski definition) is 3. The summed E-state index contributed by atoms with van der Waals surface area (Å²) >= 11 is 0. The van der Waals surface area contributed by atoms with E-state index >= 15 is 0 Å². The van der Waals surface area contributed by atoms with Gasteiger partial charge >= 0.3 is 0 Å². The molecule has 0 aromatic rings. The molecule has 2 rings (SSSR count). The summed E-state index contributed by atoms with van der Waals surface area (Å²) in [5, 5.41) is 0. The predicted octanol–water partition coefficient (Wildman–Crippen LogP) is 2.87. The van der Waals surface area contributed by atoms with Gasteiger partial charge in [0.15, 0.2) is 20.4 Å². The molecular formula is C14H22O3Si. The molecule has 100 valence electrons. The first-order chi connectivity index (χ1) is 8.22. The molecule has 0 radical (unpaired) electrons. The van der Waals surface area contributed by atoms with Crippen LogP contribution in [0.2, 0.25) is 19.6 Å². The van der Waals surface area contributed by atoms with E-state index in [0.29, 0.717) is 6.42 Å². The molecule has 18 heavy (non-hydrogen) atoms. The van der Waals surface area contributed by atoms with Crippen molar-refractivity contribution < 1.29 is 14.0 Å². The normalized spacial score (nSPS) is 36.2. The molecule has 0 N–H and O–H groups in total. The fraction of sp³-hybridized carbons (Fsp3) is 0.714. The lowest BCUT2D eigenvalue weighted by molar-refractivity contribution is -0.132. The molecule has 3 nitrogen and oxygen atoms in total. The van der Waals surface area contributed by atoms with Crippen molar-refractivity contribution in [1.82, 2.24) is 0 Å². The Bertz CT molecular complexity index is 421. The first-order valence-electron chi connectivity index (χ1n) is 6.63. The number of allylic oxidation sites excluding steroid dienone is 1. The molecule has 0 amide bonds. The highest BCUT2D eigenvalue weighted by Gasteiger charge is 2.57. The van der Waals surface area contributed by atoms with E-state index in [0.717, 1.165) is 31.1 Å². The maximum Gasteiger partial charge on any atom is 0.185 e. The highest BCUT2D eigenvalue weighted by atomic mass is 28.4. The SMILES string of the molecule is C[C@@]12CCC(=O)C=C1CC[C@@]2(C=O)O[Si](C)(C)C. The van der Waals surface area contributed by atoms with Crippen molar-refractivity contribution in [2.24, 2.45) is 5.41 Å². The fourth-order valence-electron chi connectivity index (χ4n) is 3.31. The van der Waals surface area contributed by atoms with Gasteiger partial charge < -0.3 is 9.22 Å². The first-order valence-corrected chi connectivity index (χ1v) is 10.0. The maximum absolute atomic E-state index is 11.7. The number of rotatable bonds is 3. The van der Waals surface area contributed by atoms with E-state index in [1.165, 1.54) is 0 Å². The lowest BCUT2D eigenvalue weighted by Crippen LogP contribution is -2.53. The van der Waals surface area contributed by atoms with E-state index in [4.69, 9.17) is 4.43 Å². The molecule has 0 spiro atoms. The van der Waals surface area contributed by atoms with Gasteiger partial charge in [-0.1, -0.05) is 12.5 Å². The van der Waals surface area contributed by atoms with Crippen molar-refractivity contribution in [1.29, 1.82) is 0 Å². The van der Waals surface area contributed by atoms with Crippen molar-refractivity contribution in [2.45, 2.75) is 57.8 Å². The van der Waals surface area contributed by atoms with Crippen molar-refractivity contribution in [3.8, 4) is 0 Å². The molecule has 4 heteroatoms. The van der Waals surface area contributed by atoms with Gasteiger partial charge in [-0.15, -0.1) is 0 Å². The minimum atomic E-state index is -1.80. The molecule has 0 aromatic carbocycles. The van der Waals surface area contributed by atoms with Crippen LogP contribution in [0.5, 0.6) is 0 Å². The average molecular weight is 266 g/mol. The number of fused-ring (bicyclic) bond motifs is 1. The average Bonchev–Trinajstić information content (AvgIpc) is 2.52. The van der Waals surface area contributed by atoms with Crippen LogP contribution < -0.4 is 0 Å². The van der Waals surface area contributed by atoms with Gasteiger partial charge in [-0.25, -0.2) is 0 Å². The van der Waals surface area contributed by atoms with E-state index in [1.807, 2.05) is 0 Å². The predicted molar refractivity (Wildman–Crippen MR) is 72.9 cm³/mol. The molecule has 0 aromatic heterocycles. The van der Waals surface area contributed by atoms with E-state index in [9.17, 15) is 9.59 Å². The van der Waals surface area contributed by atoms with E-state index in [-0.39, 0.29) is 11.2 Å². The third kappa shape index (κ3) is 2.01. The second-order valence-corrected chi connectivity index (χ2v) is 11.1. The zero-order valence-electron chi connectivity index (χ0n) is 11.7. The third-order valence-electron chi connectivity index (χ3n) is 4.29. The zero-order chi connectivity index (χ0) is 13.6. The zero-order valence-corrected chi connectivity index (χ0v) is 12.7. The minimum absolute atomic E-state index is 0.192. The van der Waals surface area contributed by atoms with Gasteiger partial charge in [0.25, 0.3) is 0 Å². The Morgan fingerprint density at radius 1 is 1.28 bits per heavy atom. The molecule has 2 aliphatic rings. The summed E-state index contributed by atoms with van der Waals surface area (Å²) in [5.41, 5.74) is 0.136. The fourth-order valence-corrected chi connectivity index (χ4v) is 4.78. The smallest absolute Gasteiger partial charge is 0.185 e. The van der Waals surface area contributed by atoms with Gasteiger partial charge in [0, 0.05) is 11.8 Å². The van der Waals surface area contributed by atoms with Gasteiger partial charge in [-0.05, 0) is 45.0 Å². The lowest BCUT2D eigenvalue weighted by atomic mass is 9.68. The summed E-state index contributed by atoms with van der Waals surface area (Å²) in [7, 11) is -1.80. The van der Waals surface area contributed by atoms with Crippen LogP contribution in [0.4, 0.5) is 0 Å². The molecule has 0 bridgehead atoms. The number of aldehydes is 1. The maximum atomic E-state index is 11.7. The topological polar surface area (TPSA) is 43.4 Å². The molecular weight excluding hydrogens is 244 g/mol. The number of ketones is 1. The second-order valence-electron chi connectivity index (χ2n) is 6.69. The molecule has 0 aliphatic heterocycles. The summed E-state index contributed by atoms with van der Waals surface area (Å²) in [4.78, 5) is 23.3. The van der Waals surface area contributed by atoms with Gasteiger partial charge in [-0.2, -0.15) is 0 Å². The van der Waals surface area contributed by atoms with Crippen LogP contribution in [0.25, 0.3) is 0 Å². The molecule has 2 atom stereocenters. The molecule has 0 heterocycles. The van der Waals surface area contributed by atoms with Crippen LogP contribution in [0.3, 0.4) is 0 Å². The van der Waals surface area contributed by atoms with E-state index < -0.39 is 13.9 Å². The summed E-state index contributed by atoms with van der Waals surface area (Å²) in [5.74, 6) is 0.192. The van der Waals surface area contributed by atoms with Crippen LogP contribution in [-0.4, -0.2) is 26.0 Å². The van der Waals surface area contributed by atoms with Crippen molar-refractivity contribution >= 4 is 20.4 Å². The van der Waals surface area contributed by atoms with E-state index in [1.54, 1.807) is 6.08 Å². The minimum Gasteiger partial charge on any atom is -0.405 e. The largest absolute Gasteiger partial charge is 0.405 e. The van der Waals surface area contributed by atoms with Gasteiger partial charge in [0.2, 0.25) is 0 Å². The van der Waals surface area contributed by atoms with Crippen molar-refractivity contribution in [3.63, 3.8) is 0 Å². The molecule has 0 unspecified atom stereocenters. The Morgan fingerprint density at radius 2 is 1.94 bits per heavy atom. The Kier molecular flexibility index (Phi) is 3.14. The van der Waals surface area contributed by atoms with Crippen LogP contribution in [-0.2, 0) is 14.0 Å². The molecule has 1 fully saturated rings. The lowest BCUT2D eigenvalue weighted by Gasteiger charge is -2.45. The summed E-state index contributed by atoms with van der Waals surface area (Å²) < 4.78 is 6.26. The van der Waals surface area contributed by atoms with Gasteiger partial charge in [0.1, 0.15) is 5.60 Å². The number of hydrogen-bond donors (Lipinski definition) is 0. The monoisotopic (exact) mass is 266 g/mol. The Balaban J connectivity index is 2.42. The number of carbonyl (C=O) groups excluding carboxylic acids is 2. The van der Waals surface area contributed by atoms with Crippen LogP contribution in [0, 0.1) is 5.41 Å². The van der Waals surface area contributed by atoms with Gasteiger partial charge in [0.05, 0.1) is 0 Å². The Labute approximate surface area is 110 Å². The molecule has 1 saturated carbocycles. The summed E-state index contributed by atoms with van der Waals surface area (Å²) in [6.45, 7) is 8.42. The highest BCUT2D eigenvalue weighted by molar-refractivity contribution is 6.70. The Hall–Kier alpha value is -0.743. The van der Waals surface area contributed by atoms with Crippen molar-refractivity contribution in [3.05, 3.63) is 11.6 Å². The Morgan fingerprint density at radius 3 is 2.50 bits per heavy atom. The second kappa shape index (κ2) is 4.13. The first kappa shape index (κ1) is 13.7. The summed E-state index contributed by atoms with van der Waals surface area (Å²) in [6, 6.07) is 0. The van der Waals surface area contributed by atoms with Crippen LogP contribution in [0.1, 0.15) is 32.6 Å². The number of carbonyl (C=O) groups is 2. The van der Waals surface area contributed by atoms with Crippen molar-refractivity contribution in [2.75, 3.05) is 0 Å². The quantitative estimate of drug-likeness (QED) is 0.583. The van der Waals surface area contributed by atoms with Gasteiger partial charge in [-0.3, -0.25) is 4.79 Å². The van der Waals surface area contributed by atoms with Crippen LogP contribution >= 0.6 is 0 Å². The molecule has 0 saturated heterocycles. The summed E-state index contributed by atoms with van der Waals surface area (Å²) in [6.07, 6.45) is 5.55. The highest BCUT2D eigenvalue weighted by Crippen LogP contribution is 2.56.